The third-order valence-corrected chi connectivity index (χ3v) is 3.84. The Kier molecular flexibility index (Phi) is 3.45. The normalized spacial score (nSPS) is 10.6. The number of halogens is 3. The molecule has 0 bridgehead atoms. The molecule has 0 saturated heterocycles. The first kappa shape index (κ1) is 12.5. The van der Waals surface area contributed by atoms with Crippen LogP contribution in [0.4, 0.5) is 4.39 Å². The second-order valence-corrected chi connectivity index (χ2v) is 4.85. The van der Waals surface area contributed by atoms with Crippen LogP contribution >= 0.6 is 27.5 Å². The lowest BCUT2D eigenvalue weighted by atomic mass is 10.1. The predicted molar refractivity (Wildman–Crippen MR) is 69.6 cm³/mol. The van der Waals surface area contributed by atoms with Crippen LogP contribution in [0.25, 0.3) is 11.4 Å². The molecule has 0 aliphatic carbocycles. The third kappa shape index (κ3) is 2.48. The SMILES string of the molecule is Cc1cc(-c2nc(C)c(Br)c(Cl)n2)ccc1F. The molecule has 2 aromatic rings. The maximum Gasteiger partial charge on any atom is 0.161 e. The van der Waals surface area contributed by atoms with Crippen molar-refractivity contribution in [3.8, 4) is 11.4 Å². The van der Waals surface area contributed by atoms with Crippen LogP contribution in [0.5, 0.6) is 0 Å². The first-order valence-corrected chi connectivity index (χ1v) is 6.12. The van der Waals surface area contributed by atoms with Crippen LogP contribution in [0, 0.1) is 19.7 Å². The summed E-state index contributed by atoms with van der Waals surface area (Å²) in [5.74, 6) is 0.257. The molecule has 2 rings (SSSR count). The molecule has 0 aliphatic heterocycles. The van der Waals surface area contributed by atoms with Crippen molar-refractivity contribution in [2.75, 3.05) is 0 Å². The fraction of sp³-hybridized carbons (Fsp3) is 0.167. The van der Waals surface area contributed by atoms with Gasteiger partial charge < -0.3 is 0 Å². The van der Waals surface area contributed by atoms with Crippen molar-refractivity contribution >= 4 is 27.5 Å². The van der Waals surface area contributed by atoms with E-state index in [0.717, 1.165) is 11.3 Å². The Labute approximate surface area is 112 Å². The van der Waals surface area contributed by atoms with Gasteiger partial charge in [-0.25, -0.2) is 14.4 Å². The average molecular weight is 316 g/mol. The van der Waals surface area contributed by atoms with Gasteiger partial charge in [0, 0.05) is 5.56 Å². The second kappa shape index (κ2) is 4.70. The lowest BCUT2D eigenvalue weighted by Gasteiger charge is -2.06. The zero-order chi connectivity index (χ0) is 12.6. The van der Waals surface area contributed by atoms with E-state index >= 15 is 0 Å². The van der Waals surface area contributed by atoms with Gasteiger partial charge in [0.25, 0.3) is 0 Å². The molecule has 88 valence electrons. The highest BCUT2D eigenvalue weighted by Gasteiger charge is 2.10. The van der Waals surface area contributed by atoms with Crippen LogP contribution < -0.4 is 0 Å². The van der Waals surface area contributed by atoms with Gasteiger partial charge in [0.1, 0.15) is 11.0 Å². The van der Waals surface area contributed by atoms with Gasteiger partial charge in [0.05, 0.1) is 10.2 Å². The van der Waals surface area contributed by atoms with Crippen LogP contribution in [0.1, 0.15) is 11.3 Å². The number of aromatic nitrogens is 2. The van der Waals surface area contributed by atoms with E-state index in [1.807, 2.05) is 6.92 Å². The molecule has 0 spiro atoms. The van der Waals surface area contributed by atoms with Gasteiger partial charge in [0.2, 0.25) is 0 Å². The first-order chi connectivity index (χ1) is 7.99. The quantitative estimate of drug-likeness (QED) is 0.733. The molecule has 0 atom stereocenters. The Bertz CT molecular complexity index is 564. The lowest BCUT2D eigenvalue weighted by molar-refractivity contribution is 0.618. The molecular formula is C12H9BrClFN2. The van der Waals surface area contributed by atoms with Crippen LogP contribution in [0.15, 0.2) is 22.7 Å². The molecular weight excluding hydrogens is 307 g/mol. The van der Waals surface area contributed by atoms with E-state index in [-0.39, 0.29) is 5.82 Å². The van der Waals surface area contributed by atoms with Gasteiger partial charge in [-0.15, -0.1) is 0 Å². The van der Waals surface area contributed by atoms with E-state index in [1.54, 1.807) is 19.1 Å². The number of benzene rings is 1. The summed E-state index contributed by atoms with van der Waals surface area (Å²) in [4.78, 5) is 8.47. The topological polar surface area (TPSA) is 25.8 Å². The van der Waals surface area contributed by atoms with Crippen molar-refractivity contribution < 1.29 is 4.39 Å². The van der Waals surface area contributed by atoms with Crippen LogP contribution in [-0.4, -0.2) is 9.97 Å². The number of nitrogens with zero attached hydrogens (tertiary/aromatic N) is 2. The number of hydrogen-bond acceptors (Lipinski definition) is 2. The number of aryl methyl sites for hydroxylation is 2. The molecule has 17 heavy (non-hydrogen) atoms. The zero-order valence-corrected chi connectivity index (χ0v) is 11.6. The Balaban J connectivity index is 2.57. The van der Waals surface area contributed by atoms with E-state index in [0.29, 0.717) is 21.0 Å². The minimum absolute atomic E-state index is 0.242. The molecule has 0 amide bonds. The summed E-state index contributed by atoms with van der Waals surface area (Å²) >= 11 is 9.26. The molecule has 0 radical (unpaired) electrons. The minimum atomic E-state index is -0.242. The molecule has 2 nitrogen and oxygen atoms in total. The van der Waals surface area contributed by atoms with E-state index in [4.69, 9.17) is 11.6 Å². The van der Waals surface area contributed by atoms with Crippen molar-refractivity contribution in [1.82, 2.24) is 9.97 Å². The van der Waals surface area contributed by atoms with Crippen molar-refractivity contribution in [2.45, 2.75) is 13.8 Å². The summed E-state index contributed by atoms with van der Waals surface area (Å²) in [7, 11) is 0. The van der Waals surface area contributed by atoms with E-state index in [2.05, 4.69) is 25.9 Å². The summed E-state index contributed by atoms with van der Waals surface area (Å²) in [5.41, 5.74) is 2.06. The standard InChI is InChI=1S/C12H9BrClFN2/c1-6-5-8(3-4-9(6)15)12-16-7(2)10(13)11(14)17-12/h3-5H,1-2H3. The average Bonchev–Trinajstić information content (AvgIpc) is 2.29. The Hall–Kier alpha value is -1.00. The van der Waals surface area contributed by atoms with E-state index in [9.17, 15) is 4.39 Å². The third-order valence-electron chi connectivity index (χ3n) is 2.39. The van der Waals surface area contributed by atoms with Gasteiger partial charge in [-0.2, -0.15) is 0 Å². The fourth-order valence-corrected chi connectivity index (χ4v) is 1.83. The highest BCUT2D eigenvalue weighted by molar-refractivity contribution is 9.10. The molecule has 1 aromatic heterocycles. The zero-order valence-electron chi connectivity index (χ0n) is 9.26. The number of hydrogen-bond donors (Lipinski definition) is 0. The lowest BCUT2D eigenvalue weighted by Crippen LogP contribution is -1.95. The highest BCUT2D eigenvalue weighted by atomic mass is 79.9. The van der Waals surface area contributed by atoms with Crippen LogP contribution in [-0.2, 0) is 0 Å². The largest absolute Gasteiger partial charge is 0.232 e. The van der Waals surface area contributed by atoms with Crippen molar-refractivity contribution in [2.24, 2.45) is 0 Å². The summed E-state index contributed by atoms with van der Waals surface area (Å²) in [6.45, 7) is 3.53. The smallest absolute Gasteiger partial charge is 0.161 e. The summed E-state index contributed by atoms with van der Waals surface area (Å²) in [5, 5.41) is 0.356. The minimum Gasteiger partial charge on any atom is -0.232 e. The van der Waals surface area contributed by atoms with Gasteiger partial charge in [-0.05, 0) is 53.5 Å². The van der Waals surface area contributed by atoms with Gasteiger partial charge in [0.15, 0.2) is 5.82 Å². The second-order valence-electron chi connectivity index (χ2n) is 3.70. The maximum atomic E-state index is 13.2. The Morgan fingerprint density at radius 2 is 1.94 bits per heavy atom. The summed E-state index contributed by atoms with van der Waals surface area (Å²) in [6.07, 6.45) is 0. The molecule has 0 saturated carbocycles. The van der Waals surface area contributed by atoms with Crippen molar-refractivity contribution in [1.29, 1.82) is 0 Å². The Morgan fingerprint density at radius 1 is 1.24 bits per heavy atom. The monoisotopic (exact) mass is 314 g/mol. The number of rotatable bonds is 1. The van der Waals surface area contributed by atoms with E-state index < -0.39 is 0 Å². The van der Waals surface area contributed by atoms with Gasteiger partial charge >= 0.3 is 0 Å². The molecule has 1 heterocycles. The molecule has 0 aliphatic rings. The van der Waals surface area contributed by atoms with E-state index in [1.165, 1.54) is 6.07 Å². The maximum absolute atomic E-state index is 13.2. The predicted octanol–water partition coefficient (Wildman–Crippen LogP) is 4.32. The van der Waals surface area contributed by atoms with Crippen LogP contribution in [0.2, 0.25) is 5.15 Å². The molecule has 0 fully saturated rings. The summed E-state index contributed by atoms with van der Waals surface area (Å²) < 4.78 is 13.8. The van der Waals surface area contributed by atoms with Crippen LogP contribution in [0.3, 0.4) is 0 Å². The summed E-state index contributed by atoms with van der Waals surface area (Å²) in [6, 6.07) is 4.75. The molecule has 5 heteroatoms. The first-order valence-electron chi connectivity index (χ1n) is 4.95. The van der Waals surface area contributed by atoms with Gasteiger partial charge in [-0.1, -0.05) is 11.6 Å². The Morgan fingerprint density at radius 3 is 2.53 bits per heavy atom. The molecule has 0 unspecified atom stereocenters. The van der Waals surface area contributed by atoms with Crippen molar-refractivity contribution in [3.05, 3.63) is 44.9 Å². The molecule has 0 N–H and O–H groups in total. The highest BCUT2D eigenvalue weighted by Crippen LogP contribution is 2.27. The fourth-order valence-electron chi connectivity index (χ4n) is 1.44. The molecule has 1 aromatic carbocycles. The van der Waals surface area contributed by atoms with Crippen molar-refractivity contribution in [3.63, 3.8) is 0 Å². The van der Waals surface area contributed by atoms with Gasteiger partial charge in [-0.3, -0.25) is 0 Å².